The molecule has 0 spiro atoms. The van der Waals surface area contributed by atoms with Crippen LogP contribution in [0.4, 0.5) is 0 Å². The Labute approximate surface area is 137 Å². The lowest BCUT2D eigenvalue weighted by Crippen LogP contribution is -2.36. The van der Waals surface area contributed by atoms with E-state index in [1.54, 1.807) is 11.8 Å². The van der Waals surface area contributed by atoms with Gasteiger partial charge in [0.05, 0.1) is 11.6 Å². The van der Waals surface area contributed by atoms with Crippen LogP contribution in [0.3, 0.4) is 0 Å². The van der Waals surface area contributed by atoms with Gasteiger partial charge in [-0.15, -0.1) is 0 Å². The molecule has 124 valence electrons. The van der Waals surface area contributed by atoms with E-state index in [0.29, 0.717) is 13.1 Å². The van der Waals surface area contributed by atoms with Crippen molar-refractivity contribution in [1.82, 2.24) is 9.80 Å². The fourth-order valence-corrected chi connectivity index (χ4v) is 2.88. The maximum absolute atomic E-state index is 12.5. The fourth-order valence-electron chi connectivity index (χ4n) is 2.88. The molecule has 1 aromatic carbocycles. The summed E-state index contributed by atoms with van der Waals surface area (Å²) in [6.07, 6.45) is 0.260. The smallest absolute Gasteiger partial charge is 0.290 e. The molecule has 1 amide bonds. The van der Waals surface area contributed by atoms with Crippen LogP contribution in [0.15, 0.2) is 35.6 Å². The van der Waals surface area contributed by atoms with Crippen molar-refractivity contribution in [1.29, 1.82) is 0 Å². The zero-order valence-corrected chi connectivity index (χ0v) is 14.2. The van der Waals surface area contributed by atoms with Crippen LogP contribution in [-0.4, -0.2) is 53.8 Å². The predicted molar refractivity (Wildman–Crippen MR) is 89.1 cm³/mol. The minimum atomic E-state index is -0.504. The molecule has 1 aromatic rings. The normalized spacial score (nSPS) is 18.2. The molecular weight excluding hydrogens is 292 g/mol. The molecule has 23 heavy (non-hydrogen) atoms. The van der Waals surface area contributed by atoms with E-state index in [1.807, 2.05) is 50.2 Å². The Morgan fingerprint density at radius 2 is 1.96 bits per heavy atom. The van der Waals surface area contributed by atoms with E-state index in [-0.39, 0.29) is 17.8 Å². The van der Waals surface area contributed by atoms with Gasteiger partial charge in [0.2, 0.25) is 0 Å². The number of aryl methyl sites for hydroxylation is 1. The fraction of sp³-hybridized carbons (Fsp3) is 0.444. The van der Waals surface area contributed by atoms with Crippen LogP contribution in [0.25, 0.3) is 0 Å². The number of hydrogen-bond acceptors (Lipinski definition) is 4. The molecule has 0 bridgehead atoms. The van der Waals surface area contributed by atoms with Crippen molar-refractivity contribution in [2.75, 3.05) is 27.2 Å². The standard InChI is InChI=1S/C18H24N2O3/c1-5-14(21)15-16(13-9-7-6-8-12(13)2)20(11-10-19(3)4)18(23)17(15)22/h6-9,16,22H,5,10-11H2,1-4H3. The first-order valence-electron chi connectivity index (χ1n) is 7.86. The molecule has 5 heteroatoms. The monoisotopic (exact) mass is 316 g/mol. The molecule has 0 aromatic heterocycles. The van der Waals surface area contributed by atoms with E-state index >= 15 is 0 Å². The van der Waals surface area contributed by atoms with Crippen molar-refractivity contribution in [2.45, 2.75) is 26.3 Å². The van der Waals surface area contributed by atoms with Crippen molar-refractivity contribution < 1.29 is 14.7 Å². The van der Waals surface area contributed by atoms with E-state index in [2.05, 4.69) is 0 Å². The number of hydrogen-bond donors (Lipinski definition) is 1. The molecule has 0 saturated carbocycles. The van der Waals surface area contributed by atoms with E-state index in [9.17, 15) is 14.7 Å². The third kappa shape index (κ3) is 3.29. The lowest BCUT2D eigenvalue weighted by atomic mass is 9.92. The Morgan fingerprint density at radius 3 is 2.52 bits per heavy atom. The lowest BCUT2D eigenvalue weighted by molar-refractivity contribution is -0.129. The summed E-state index contributed by atoms with van der Waals surface area (Å²) in [5.74, 6) is -1.04. The summed E-state index contributed by atoms with van der Waals surface area (Å²) in [5, 5.41) is 10.3. The first-order valence-corrected chi connectivity index (χ1v) is 7.86. The van der Waals surface area contributed by atoms with Gasteiger partial charge in [0.1, 0.15) is 0 Å². The van der Waals surface area contributed by atoms with E-state index in [4.69, 9.17) is 0 Å². The van der Waals surface area contributed by atoms with Crippen LogP contribution in [0.1, 0.15) is 30.5 Å². The molecule has 1 aliphatic heterocycles. The van der Waals surface area contributed by atoms with Gasteiger partial charge >= 0.3 is 0 Å². The number of nitrogens with zero attached hydrogens (tertiary/aromatic N) is 2. The van der Waals surface area contributed by atoms with E-state index in [0.717, 1.165) is 11.1 Å². The second-order valence-corrected chi connectivity index (χ2v) is 6.10. The van der Waals surface area contributed by atoms with Gasteiger partial charge in [0.15, 0.2) is 11.5 Å². The average molecular weight is 316 g/mol. The Kier molecular flexibility index (Phi) is 5.21. The van der Waals surface area contributed by atoms with Crippen LogP contribution in [0.5, 0.6) is 0 Å². The molecule has 1 atom stereocenters. The second kappa shape index (κ2) is 6.96. The number of aliphatic hydroxyl groups excluding tert-OH is 1. The van der Waals surface area contributed by atoms with Gasteiger partial charge in [-0.05, 0) is 32.1 Å². The van der Waals surface area contributed by atoms with E-state index in [1.165, 1.54) is 0 Å². The van der Waals surface area contributed by atoms with Crippen molar-refractivity contribution in [3.05, 3.63) is 46.7 Å². The van der Waals surface area contributed by atoms with Crippen molar-refractivity contribution in [3.63, 3.8) is 0 Å². The molecule has 0 radical (unpaired) electrons. The SMILES string of the molecule is CCC(=O)C1=C(O)C(=O)N(CCN(C)C)C1c1ccccc1C. The highest BCUT2D eigenvalue weighted by Crippen LogP contribution is 2.39. The van der Waals surface area contributed by atoms with Gasteiger partial charge in [-0.25, -0.2) is 0 Å². The van der Waals surface area contributed by atoms with Crippen LogP contribution in [0, 0.1) is 6.92 Å². The van der Waals surface area contributed by atoms with Crippen LogP contribution < -0.4 is 0 Å². The quantitative estimate of drug-likeness (QED) is 0.874. The summed E-state index contributed by atoms with van der Waals surface area (Å²) in [5.41, 5.74) is 2.11. The Hall–Kier alpha value is -2.14. The first kappa shape index (κ1) is 17.2. The minimum Gasteiger partial charge on any atom is -0.503 e. The first-order chi connectivity index (χ1) is 10.9. The number of rotatable bonds is 6. The van der Waals surface area contributed by atoms with Gasteiger partial charge in [-0.2, -0.15) is 0 Å². The van der Waals surface area contributed by atoms with Gasteiger partial charge in [0.25, 0.3) is 5.91 Å². The average Bonchev–Trinajstić information content (AvgIpc) is 2.76. The van der Waals surface area contributed by atoms with Crippen molar-refractivity contribution in [2.24, 2.45) is 0 Å². The van der Waals surface area contributed by atoms with Crippen LogP contribution in [0.2, 0.25) is 0 Å². The van der Waals surface area contributed by atoms with Gasteiger partial charge in [-0.3, -0.25) is 9.59 Å². The highest BCUT2D eigenvalue weighted by atomic mass is 16.3. The summed E-state index contributed by atoms with van der Waals surface area (Å²) < 4.78 is 0. The molecule has 0 fully saturated rings. The zero-order chi connectivity index (χ0) is 17.1. The molecular formula is C18H24N2O3. The van der Waals surface area contributed by atoms with Crippen molar-refractivity contribution in [3.8, 4) is 0 Å². The number of benzene rings is 1. The molecule has 0 aliphatic carbocycles. The molecule has 1 heterocycles. The third-order valence-corrected chi connectivity index (χ3v) is 4.20. The van der Waals surface area contributed by atoms with Crippen LogP contribution in [-0.2, 0) is 9.59 Å². The number of aliphatic hydroxyl groups is 1. The molecule has 1 aliphatic rings. The summed E-state index contributed by atoms with van der Waals surface area (Å²) in [6, 6.07) is 7.17. The van der Waals surface area contributed by atoms with Crippen molar-refractivity contribution >= 4 is 11.7 Å². The molecule has 1 unspecified atom stereocenters. The maximum atomic E-state index is 12.5. The number of likely N-dealkylation sites (N-methyl/N-ethyl adjacent to an activating group) is 1. The number of carbonyl (C=O) groups excluding carboxylic acids is 2. The topological polar surface area (TPSA) is 60.9 Å². The van der Waals surface area contributed by atoms with Gasteiger partial charge in [0, 0.05) is 19.5 Å². The number of ketones is 1. The molecule has 1 N–H and O–H groups in total. The Morgan fingerprint density at radius 1 is 1.30 bits per heavy atom. The molecule has 2 rings (SSSR count). The number of amides is 1. The zero-order valence-electron chi connectivity index (χ0n) is 14.2. The van der Waals surface area contributed by atoms with Gasteiger partial charge in [-0.1, -0.05) is 31.2 Å². The number of carbonyl (C=O) groups is 2. The van der Waals surface area contributed by atoms with E-state index < -0.39 is 17.7 Å². The minimum absolute atomic E-state index is 0.184. The van der Waals surface area contributed by atoms with Gasteiger partial charge < -0.3 is 14.9 Å². The molecule has 5 nitrogen and oxygen atoms in total. The lowest BCUT2D eigenvalue weighted by Gasteiger charge is -2.29. The molecule has 0 saturated heterocycles. The third-order valence-electron chi connectivity index (χ3n) is 4.20. The summed E-state index contributed by atoms with van der Waals surface area (Å²) in [7, 11) is 3.85. The largest absolute Gasteiger partial charge is 0.503 e. The highest BCUT2D eigenvalue weighted by molar-refractivity contribution is 6.08. The number of Topliss-reactive ketones (excluding diaryl/α,β-unsaturated/α-hetero) is 1. The Bertz CT molecular complexity index is 649. The summed E-state index contributed by atoms with van der Waals surface area (Å²) >= 11 is 0. The van der Waals surface area contributed by atoms with Crippen LogP contribution >= 0.6 is 0 Å². The summed E-state index contributed by atoms with van der Waals surface area (Å²) in [6.45, 7) is 4.81. The predicted octanol–water partition coefficient (Wildman–Crippen LogP) is 2.23. The second-order valence-electron chi connectivity index (χ2n) is 6.10. The summed E-state index contributed by atoms with van der Waals surface area (Å²) in [4.78, 5) is 28.4. The maximum Gasteiger partial charge on any atom is 0.290 e. The Balaban J connectivity index is 2.50. The highest BCUT2D eigenvalue weighted by Gasteiger charge is 2.43.